The molecule has 196 valence electrons. The molecule has 4 rings (SSSR count). The first-order valence-electron chi connectivity index (χ1n) is 12.0. The maximum Gasteiger partial charge on any atom is 0.270 e. The number of rotatable bonds is 9. The number of thiocarbonyl (C=S) groups is 1. The molecule has 3 aromatic rings. The maximum absolute atomic E-state index is 13.1. The Hall–Kier alpha value is -3.82. The Bertz CT molecular complexity index is 1400. The number of ether oxygens (including phenoxy) is 3. The van der Waals surface area contributed by atoms with Gasteiger partial charge in [-0.15, -0.1) is 0 Å². The minimum Gasteiger partial charge on any atom is -0.497 e. The zero-order chi connectivity index (χ0) is 27.2. The maximum atomic E-state index is 13.1. The fraction of sp³-hybridized carbons (Fsp3) is 0.207. The number of methoxy groups -OCH3 is 1. The third kappa shape index (κ3) is 6.35. The molecule has 0 bridgehead atoms. The molecule has 1 saturated heterocycles. The highest BCUT2D eigenvalue weighted by Crippen LogP contribution is 2.37. The van der Waals surface area contributed by atoms with E-state index in [0.29, 0.717) is 38.8 Å². The molecule has 2 amide bonds. The first-order chi connectivity index (χ1) is 18.3. The minimum atomic E-state index is -0.271. The van der Waals surface area contributed by atoms with Crippen molar-refractivity contribution in [3.05, 3.63) is 82.3 Å². The van der Waals surface area contributed by atoms with Crippen molar-refractivity contribution in [1.29, 1.82) is 0 Å². The van der Waals surface area contributed by atoms with Gasteiger partial charge in [0.1, 0.15) is 5.75 Å². The number of aryl methyl sites for hydroxylation is 2. The fourth-order valence-electron chi connectivity index (χ4n) is 3.78. The second-order valence-electron chi connectivity index (χ2n) is 8.51. The number of nitrogens with one attached hydrogen (secondary N) is 1. The standard InChI is InChI=1S/C29H28N2O5S2/c1-5-35-25-15-20(8-13-24(25)36-17-27(32)30-23-14-18(2)6-7-19(23)3)16-26-28(33)31(29(37)38-26)21-9-11-22(34-4)12-10-21/h6-16H,5,17H2,1-4H3,(H,30,32)/b26-16-. The van der Waals surface area contributed by atoms with E-state index in [-0.39, 0.29) is 18.4 Å². The molecule has 0 radical (unpaired) electrons. The molecule has 0 saturated carbocycles. The van der Waals surface area contributed by atoms with Gasteiger partial charge in [0, 0.05) is 5.69 Å². The summed E-state index contributed by atoms with van der Waals surface area (Å²) in [5.41, 5.74) is 4.21. The Labute approximate surface area is 231 Å². The van der Waals surface area contributed by atoms with Gasteiger partial charge in [-0.1, -0.05) is 42.2 Å². The molecular formula is C29H28N2O5S2. The van der Waals surface area contributed by atoms with Crippen molar-refractivity contribution in [1.82, 2.24) is 0 Å². The second-order valence-corrected chi connectivity index (χ2v) is 10.2. The van der Waals surface area contributed by atoms with E-state index >= 15 is 0 Å². The lowest BCUT2D eigenvalue weighted by molar-refractivity contribution is -0.118. The van der Waals surface area contributed by atoms with Gasteiger partial charge in [0.2, 0.25) is 0 Å². The van der Waals surface area contributed by atoms with E-state index in [1.165, 1.54) is 16.7 Å². The summed E-state index contributed by atoms with van der Waals surface area (Å²) in [7, 11) is 1.59. The Kier molecular flexibility index (Phi) is 8.70. The van der Waals surface area contributed by atoms with Crippen LogP contribution in [0.1, 0.15) is 23.6 Å². The Morgan fingerprint density at radius 1 is 1.03 bits per heavy atom. The Morgan fingerprint density at radius 3 is 2.50 bits per heavy atom. The highest BCUT2D eigenvalue weighted by Gasteiger charge is 2.33. The van der Waals surface area contributed by atoms with E-state index in [1.807, 2.05) is 39.0 Å². The monoisotopic (exact) mass is 548 g/mol. The summed E-state index contributed by atoms with van der Waals surface area (Å²) in [5, 5.41) is 2.89. The van der Waals surface area contributed by atoms with Crippen molar-refractivity contribution in [3.8, 4) is 17.2 Å². The van der Waals surface area contributed by atoms with Gasteiger partial charge in [0.05, 0.1) is 24.3 Å². The SMILES string of the molecule is CCOc1cc(/C=C2\SC(=S)N(c3ccc(OC)cc3)C2=O)ccc1OCC(=O)Nc1cc(C)ccc1C. The first kappa shape index (κ1) is 27.2. The number of hydrogen-bond donors (Lipinski definition) is 1. The molecule has 0 aromatic heterocycles. The van der Waals surface area contributed by atoms with Crippen LogP contribution < -0.4 is 24.4 Å². The lowest BCUT2D eigenvalue weighted by Crippen LogP contribution is -2.27. The van der Waals surface area contributed by atoms with E-state index in [2.05, 4.69) is 5.32 Å². The van der Waals surface area contributed by atoms with Crippen LogP contribution in [0.15, 0.2) is 65.6 Å². The number of amides is 2. The average molecular weight is 549 g/mol. The van der Waals surface area contributed by atoms with Crippen molar-refractivity contribution in [3.63, 3.8) is 0 Å². The molecule has 0 atom stereocenters. The molecule has 7 nitrogen and oxygen atoms in total. The van der Waals surface area contributed by atoms with Crippen molar-refractivity contribution >= 4 is 57.6 Å². The van der Waals surface area contributed by atoms with Crippen molar-refractivity contribution < 1.29 is 23.8 Å². The number of carbonyl (C=O) groups is 2. The van der Waals surface area contributed by atoms with Gasteiger partial charge in [-0.05, 0) is 86.0 Å². The largest absolute Gasteiger partial charge is 0.497 e. The molecule has 1 N–H and O–H groups in total. The van der Waals surface area contributed by atoms with E-state index in [0.717, 1.165) is 22.4 Å². The molecule has 1 fully saturated rings. The second kappa shape index (κ2) is 12.1. The van der Waals surface area contributed by atoms with Crippen molar-refractivity contribution in [2.24, 2.45) is 0 Å². The number of hydrogen-bond acceptors (Lipinski definition) is 7. The molecule has 38 heavy (non-hydrogen) atoms. The van der Waals surface area contributed by atoms with Crippen molar-refractivity contribution in [2.75, 3.05) is 30.5 Å². The van der Waals surface area contributed by atoms with Crippen LogP contribution in [0.3, 0.4) is 0 Å². The Balaban J connectivity index is 1.47. The van der Waals surface area contributed by atoms with E-state index in [9.17, 15) is 9.59 Å². The lowest BCUT2D eigenvalue weighted by atomic mass is 10.1. The highest BCUT2D eigenvalue weighted by molar-refractivity contribution is 8.27. The van der Waals surface area contributed by atoms with Gasteiger partial charge in [-0.3, -0.25) is 14.5 Å². The van der Waals surface area contributed by atoms with Crippen LogP contribution in [0, 0.1) is 13.8 Å². The summed E-state index contributed by atoms with van der Waals surface area (Å²) in [6.07, 6.45) is 1.77. The van der Waals surface area contributed by atoms with Gasteiger partial charge in [0.25, 0.3) is 11.8 Å². The lowest BCUT2D eigenvalue weighted by Gasteiger charge is -2.15. The topological polar surface area (TPSA) is 77.1 Å². The average Bonchev–Trinajstić information content (AvgIpc) is 3.18. The number of carbonyl (C=O) groups excluding carboxylic acids is 2. The number of thioether (sulfide) groups is 1. The number of anilines is 2. The zero-order valence-electron chi connectivity index (χ0n) is 21.6. The van der Waals surface area contributed by atoms with Crippen LogP contribution in [-0.2, 0) is 9.59 Å². The van der Waals surface area contributed by atoms with Gasteiger partial charge < -0.3 is 19.5 Å². The third-order valence-electron chi connectivity index (χ3n) is 5.72. The molecule has 1 aliphatic rings. The Morgan fingerprint density at radius 2 is 1.79 bits per heavy atom. The summed E-state index contributed by atoms with van der Waals surface area (Å²) >= 11 is 6.71. The fourth-order valence-corrected chi connectivity index (χ4v) is 5.07. The van der Waals surface area contributed by atoms with Crippen LogP contribution in [-0.4, -0.2) is 36.5 Å². The molecule has 0 aliphatic carbocycles. The van der Waals surface area contributed by atoms with Crippen LogP contribution in [0.25, 0.3) is 6.08 Å². The van der Waals surface area contributed by atoms with Gasteiger partial charge in [-0.25, -0.2) is 0 Å². The quantitative estimate of drug-likeness (QED) is 0.254. The molecule has 0 spiro atoms. The molecule has 9 heteroatoms. The van der Waals surface area contributed by atoms with Gasteiger partial charge in [-0.2, -0.15) is 0 Å². The molecule has 3 aromatic carbocycles. The smallest absolute Gasteiger partial charge is 0.270 e. The molecule has 0 unspecified atom stereocenters. The normalized spacial score (nSPS) is 14.1. The van der Waals surface area contributed by atoms with E-state index in [4.69, 9.17) is 26.4 Å². The predicted octanol–water partition coefficient (Wildman–Crippen LogP) is 6.13. The van der Waals surface area contributed by atoms with Gasteiger partial charge >= 0.3 is 0 Å². The summed E-state index contributed by atoms with van der Waals surface area (Å²) in [6.45, 7) is 6.01. The molecule has 1 aliphatic heterocycles. The van der Waals surface area contributed by atoms with Crippen molar-refractivity contribution in [2.45, 2.75) is 20.8 Å². The predicted molar refractivity (Wildman–Crippen MR) is 156 cm³/mol. The highest BCUT2D eigenvalue weighted by atomic mass is 32.2. The van der Waals surface area contributed by atoms with E-state index < -0.39 is 0 Å². The molecular weight excluding hydrogens is 520 g/mol. The number of benzene rings is 3. The minimum absolute atomic E-state index is 0.173. The van der Waals surface area contributed by atoms with E-state index in [1.54, 1.807) is 55.7 Å². The summed E-state index contributed by atoms with van der Waals surface area (Å²) in [4.78, 5) is 27.7. The van der Waals surface area contributed by atoms with Crippen LogP contribution >= 0.6 is 24.0 Å². The first-order valence-corrected chi connectivity index (χ1v) is 13.2. The summed E-state index contributed by atoms with van der Waals surface area (Å²) in [6, 6.07) is 18.3. The zero-order valence-corrected chi connectivity index (χ0v) is 23.2. The third-order valence-corrected chi connectivity index (χ3v) is 7.02. The summed E-state index contributed by atoms with van der Waals surface area (Å²) < 4.78 is 17.2. The van der Waals surface area contributed by atoms with Gasteiger partial charge in [0.15, 0.2) is 22.4 Å². The molecule has 1 heterocycles. The summed E-state index contributed by atoms with van der Waals surface area (Å²) in [5.74, 6) is 1.14. The number of nitrogens with zero attached hydrogens (tertiary/aromatic N) is 1. The van der Waals surface area contributed by atoms with Crippen LogP contribution in [0.4, 0.5) is 11.4 Å². The van der Waals surface area contributed by atoms with Crippen LogP contribution in [0.2, 0.25) is 0 Å². The van der Waals surface area contributed by atoms with Crippen LogP contribution in [0.5, 0.6) is 17.2 Å².